The third-order valence-electron chi connectivity index (χ3n) is 3.78. The smallest absolute Gasteiger partial charge is 0.362 e. The number of hydrogen-bond acceptors (Lipinski definition) is 10. The molecule has 0 radical (unpaired) electrons. The molecule has 1 aromatic rings. The Bertz CT molecular complexity index is 940. The van der Waals surface area contributed by atoms with Gasteiger partial charge < -0.3 is 15.7 Å². The van der Waals surface area contributed by atoms with Crippen LogP contribution in [0.3, 0.4) is 0 Å². The number of carboxylic acids is 1. The van der Waals surface area contributed by atoms with Crippen LogP contribution in [0.4, 0.5) is 10.9 Å². The maximum Gasteiger partial charge on any atom is 0.362 e. The second-order valence-electron chi connectivity index (χ2n) is 6.19. The summed E-state index contributed by atoms with van der Waals surface area (Å²) in [6.45, 7) is 3.71. The zero-order chi connectivity index (χ0) is 21.4. The van der Waals surface area contributed by atoms with E-state index < -0.39 is 45.8 Å². The molecule has 0 unspecified atom stereocenters. The van der Waals surface area contributed by atoms with Gasteiger partial charge in [-0.05, 0) is 20.8 Å². The van der Waals surface area contributed by atoms with Crippen LogP contribution in [0.2, 0.25) is 0 Å². The minimum Gasteiger partial charge on any atom is -0.478 e. The van der Waals surface area contributed by atoms with Crippen LogP contribution < -0.4 is 10.6 Å². The normalized spacial score (nSPS) is 20.1. The summed E-state index contributed by atoms with van der Waals surface area (Å²) in [4.78, 5) is 45.3. The van der Waals surface area contributed by atoms with Gasteiger partial charge in [-0.15, -0.1) is 11.3 Å². The summed E-state index contributed by atoms with van der Waals surface area (Å²) in [6, 6.07) is -2.41. The van der Waals surface area contributed by atoms with Gasteiger partial charge in [-0.2, -0.15) is 8.42 Å². The molecule has 0 aliphatic carbocycles. The average molecular weight is 435 g/mol. The van der Waals surface area contributed by atoms with E-state index in [0.717, 1.165) is 16.2 Å². The van der Waals surface area contributed by atoms with Gasteiger partial charge in [0.2, 0.25) is 5.60 Å². The summed E-state index contributed by atoms with van der Waals surface area (Å²) in [5.41, 5.74) is 3.83. The number of carbonyl (C=O) groups excluding carboxylic acids is 2. The fourth-order valence-corrected chi connectivity index (χ4v) is 3.73. The number of nitrogens with two attached hydrogens (primary N) is 1. The maximum atomic E-state index is 12.6. The lowest BCUT2D eigenvalue weighted by Gasteiger charge is -2.46. The minimum atomic E-state index is -4.80. The summed E-state index contributed by atoms with van der Waals surface area (Å²) in [7, 11) is -4.80. The van der Waals surface area contributed by atoms with Crippen LogP contribution in [0.5, 0.6) is 0 Å². The number of rotatable bonds is 7. The SMILES string of the molecule is C[C@H]1[C@H](N(C(=O)C=NOC(C)(C)C(=O)O)c2csc(N)n2)C(=O)N1S(=O)(=O)O. The lowest BCUT2D eigenvalue weighted by Crippen LogP contribution is -2.72. The first-order valence-corrected chi connectivity index (χ1v) is 9.85. The molecule has 4 N–H and O–H groups in total. The van der Waals surface area contributed by atoms with Crippen LogP contribution in [0.15, 0.2) is 10.5 Å². The van der Waals surface area contributed by atoms with Crippen LogP contribution in [0, 0.1) is 0 Å². The molecular formula is C13H17N5O8S2. The highest BCUT2D eigenvalue weighted by atomic mass is 32.2. The molecule has 1 aromatic heterocycles. The van der Waals surface area contributed by atoms with E-state index in [2.05, 4.69) is 10.1 Å². The maximum absolute atomic E-state index is 12.6. The van der Waals surface area contributed by atoms with Crippen molar-refractivity contribution in [2.45, 2.75) is 38.5 Å². The van der Waals surface area contributed by atoms with Crippen LogP contribution in [-0.4, -0.2) is 69.0 Å². The van der Waals surface area contributed by atoms with Crippen molar-refractivity contribution in [1.29, 1.82) is 0 Å². The molecule has 1 fully saturated rings. The van der Waals surface area contributed by atoms with Crippen LogP contribution in [0.25, 0.3) is 0 Å². The second kappa shape index (κ2) is 7.33. The first-order chi connectivity index (χ1) is 12.8. The Labute approximate surface area is 163 Å². The molecule has 1 saturated heterocycles. The van der Waals surface area contributed by atoms with Crippen LogP contribution >= 0.6 is 11.3 Å². The van der Waals surface area contributed by atoms with Gasteiger partial charge in [0, 0.05) is 5.38 Å². The molecule has 2 amide bonds. The van der Waals surface area contributed by atoms with Crippen molar-refractivity contribution in [3.63, 3.8) is 0 Å². The van der Waals surface area contributed by atoms with Crippen molar-refractivity contribution in [1.82, 2.24) is 9.29 Å². The van der Waals surface area contributed by atoms with Crippen molar-refractivity contribution in [2.75, 3.05) is 10.6 Å². The number of hydrogen-bond donors (Lipinski definition) is 3. The molecule has 2 heterocycles. The van der Waals surface area contributed by atoms with E-state index in [1.807, 2.05) is 0 Å². The number of thiazole rings is 1. The minimum absolute atomic E-state index is 0.0448. The first-order valence-electron chi connectivity index (χ1n) is 7.57. The predicted molar refractivity (Wildman–Crippen MR) is 96.9 cm³/mol. The predicted octanol–water partition coefficient (Wildman–Crippen LogP) is -0.674. The highest BCUT2D eigenvalue weighted by molar-refractivity contribution is 7.84. The van der Waals surface area contributed by atoms with Gasteiger partial charge in [0.15, 0.2) is 5.13 Å². The lowest BCUT2D eigenvalue weighted by atomic mass is 9.99. The molecule has 1 aliphatic heterocycles. The Hall–Kier alpha value is -2.78. The van der Waals surface area contributed by atoms with E-state index >= 15 is 0 Å². The molecule has 2 rings (SSSR count). The van der Waals surface area contributed by atoms with Crippen molar-refractivity contribution < 1.29 is 37.3 Å². The summed E-state index contributed by atoms with van der Waals surface area (Å²) in [5, 5.41) is 13.7. The lowest BCUT2D eigenvalue weighted by molar-refractivity contribution is -0.161. The highest BCUT2D eigenvalue weighted by Gasteiger charge is 2.55. The van der Waals surface area contributed by atoms with Crippen LogP contribution in [0.1, 0.15) is 20.8 Å². The third kappa shape index (κ3) is 4.05. The van der Waals surface area contributed by atoms with E-state index in [4.69, 9.17) is 20.2 Å². The number of β-lactam (4-membered cyclic amide) rings is 1. The van der Waals surface area contributed by atoms with E-state index in [9.17, 15) is 22.8 Å². The number of nitrogens with zero attached hydrogens (tertiary/aromatic N) is 4. The number of anilines is 2. The molecule has 0 saturated carbocycles. The number of carboxylic acid groups (broad SMARTS) is 1. The molecule has 154 valence electrons. The Morgan fingerprint density at radius 2 is 2.11 bits per heavy atom. The van der Waals surface area contributed by atoms with Gasteiger partial charge in [0.25, 0.3) is 11.8 Å². The van der Waals surface area contributed by atoms with Gasteiger partial charge in [-0.25, -0.2) is 14.1 Å². The molecule has 15 heteroatoms. The monoisotopic (exact) mass is 435 g/mol. The Morgan fingerprint density at radius 3 is 2.54 bits per heavy atom. The molecule has 28 heavy (non-hydrogen) atoms. The third-order valence-corrected chi connectivity index (χ3v) is 5.45. The Balaban J connectivity index is 2.31. The van der Waals surface area contributed by atoms with E-state index in [0.29, 0.717) is 6.21 Å². The summed E-state index contributed by atoms with van der Waals surface area (Å²) in [5.74, 6) is -3.37. The van der Waals surface area contributed by atoms with Gasteiger partial charge in [-0.1, -0.05) is 5.16 Å². The molecule has 2 atom stereocenters. The number of aromatic nitrogens is 1. The van der Waals surface area contributed by atoms with Gasteiger partial charge in [0.1, 0.15) is 18.1 Å². The number of aliphatic carboxylic acids is 1. The Kier molecular flexibility index (Phi) is 5.63. The van der Waals surface area contributed by atoms with Crippen molar-refractivity contribution in [2.24, 2.45) is 5.16 Å². The topological polar surface area (TPSA) is 193 Å². The average Bonchev–Trinajstić information content (AvgIpc) is 2.96. The van der Waals surface area contributed by atoms with E-state index in [-0.39, 0.29) is 15.3 Å². The molecular weight excluding hydrogens is 418 g/mol. The molecule has 1 aliphatic rings. The van der Waals surface area contributed by atoms with Crippen LogP contribution in [-0.2, 0) is 29.5 Å². The number of carbonyl (C=O) groups is 3. The molecule has 0 bridgehead atoms. The number of nitrogen functional groups attached to an aromatic ring is 1. The van der Waals surface area contributed by atoms with Crippen molar-refractivity contribution >= 4 is 56.6 Å². The fraction of sp³-hybridized carbons (Fsp3) is 0.462. The summed E-state index contributed by atoms with van der Waals surface area (Å²) >= 11 is 0.970. The second-order valence-corrected chi connectivity index (χ2v) is 8.37. The van der Waals surface area contributed by atoms with Gasteiger partial charge in [-0.3, -0.25) is 19.0 Å². The first kappa shape index (κ1) is 21.5. The quantitative estimate of drug-likeness (QED) is 0.214. The molecule has 0 aromatic carbocycles. The summed E-state index contributed by atoms with van der Waals surface area (Å²) in [6.07, 6.45) is 0.621. The summed E-state index contributed by atoms with van der Waals surface area (Å²) < 4.78 is 31.9. The largest absolute Gasteiger partial charge is 0.478 e. The molecule has 13 nitrogen and oxygen atoms in total. The highest BCUT2D eigenvalue weighted by Crippen LogP contribution is 2.32. The van der Waals surface area contributed by atoms with Crippen molar-refractivity contribution in [3.8, 4) is 0 Å². The Morgan fingerprint density at radius 1 is 1.50 bits per heavy atom. The van der Waals surface area contributed by atoms with E-state index in [1.54, 1.807) is 0 Å². The van der Waals surface area contributed by atoms with Gasteiger partial charge >= 0.3 is 16.3 Å². The molecule has 0 spiro atoms. The number of oxime groups is 1. The van der Waals surface area contributed by atoms with Gasteiger partial charge in [0.05, 0.1) is 6.04 Å². The standard InChI is InChI=1S/C13H17N5O8S2/c1-6-9(10(20)18(6)28(23,24)25)17(7-5-27-12(14)16-7)8(19)4-15-26-13(2,3)11(21)22/h4-6,9H,1-3H3,(H2,14,16)(H,21,22)(H,23,24,25)/t6-,9-/m0/s1. The zero-order valence-electron chi connectivity index (χ0n) is 14.8. The fourth-order valence-electron chi connectivity index (χ4n) is 2.32. The van der Waals surface area contributed by atoms with E-state index in [1.165, 1.54) is 26.2 Å². The zero-order valence-corrected chi connectivity index (χ0v) is 16.5. The van der Waals surface area contributed by atoms with Crippen molar-refractivity contribution in [3.05, 3.63) is 5.38 Å². The number of amides is 2.